The average Bonchev–Trinajstić information content (AvgIpc) is 2.46. The van der Waals surface area contributed by atoms with Gasteiger partial charge in [-0.3, -0.25) is 4.63 Å². The summed E-state index contributed by atoms with van der Waals surface area (Å²) in [5.74, 6) is 0. The van der Waals surface area contributed by atoms with Crippen molar-refractivity contribution in [3.05, 3.63) is 23.4 Å². The molecule has 1 heterocycles. The smallest absolute Gasteiger partial charge is 0.268 e. The minimum atomic E-state index is -3.92. The van der Waals surface area contributed by atoms with E-state index in [-0.39, 0.29) is 20.8 Å². The van der Waals surface area contributed by atoms with E-state index in [1.807, 2.05) is 0 Å². The molecule has 0 spiro atoms. The lowest BCUT2D eigenvalue weighted by Gasteiger charge is -1.91. The van der Waals surface area contributed by atoms with E-state index in [1.54, 1.807) is 0 Å². The lowest BCUT2D eigenvalue weighted by atomic mass is 10.3. The van der Waals surface area contributed by atoms with Crippen molar-refractivity contribution in [1.29, 1.82) is 0 Å². The van der Waals surface area contributed by atoms with Gasteiger partial charge in [0.05, 0.1) is 0 Å². The van der Waals surface area contributed by atoms with Gasteiger partial charge in [0, 0.05) is 15.8 Å². The zero-order valence-corrected chi connectivity index (χ0v) is 8.12. The Morgan fingerprint density at radius 1 is 1.50 bits per heavy atom. The molecular formula is C6H3ClN2O4S. The summed E-state index contributed by atoms with van der Waals surface area (Å²) in [6.07, 6.45) is 0. The van der Waals surface area contributed by atoms with Gasteiger partial charge >= 0.3 is 0 Å². The normalized spacial score (nSPS) is 12.1. The van der Waals surface area contributed by atoms with Crippen LogP contribution in [-0.2, 0) is 9.05 Å². The highest BCUT2D eigenvalue weighted by Gasteiger charge is 2.22. The molecule has 0 N–H and O–H groups in total. The highest BCUT2D eigenvalue weighted by molar-refractivity contribution is 8.13. The van der Waals surface area contributed by atoms with E-state index >= 15 is 0 Å². The van der Waals surface area contributed by atoms with Gasteiger partial charge < -0.3 is 5.21 Å². The number of hydrogen-bond acceptors (Lipinski definition) is 5. The largest absolute Gasteiger partial charge is 0.359 e. The lowest BCUT2D eigenvalue weighted by molar-refractivity contribution is -0.782. The summed E-state index contributed by atoms with van der Waals surface area (Å²) >= 11 is 0. The maximum atomic E-state index is 11.0. The van der Waals surface area contributed by atoms with E-state index in [9.17, 15) is 13.6 Å². The quantitative estimate of drug-likeness (QED) is 0.526. The number of fused-ring (bicyclic) bond motifs is 1. The van der Waals surface area contributed by atoms with Gasteiger partial charge in [-0.05, 0) is 17.0 Å². The molecule has 0 saturated heterocycles. The summed E-state index contributed by atoms with van der Waals surface area (Å²) in [4.78, 5) is -0.129. The molecule has 6 nitrogen and oxygen atoms in total. The third-order valence-electron chi connectivity index (χ3n) is 1.64. The van der Waals surface area contributed by atoms with Crippen LogP contribution in [0.5, 0.6) is 0 Å². The molecule has 74 valence electrons. The molecule has 0 aliphatic heterocycles. The summed E-state index contributed by atoms with van der Waals surface area (Å²) in [6, 6.07) is 4.00. The van der Waals surface area contributed by atoms with Gasteiger partial charge in [0.1, 0.15) is 4.90 Å². The topological polar surface area (TPSA) is 87.1 Å². The van der Waals surface area contributed by atoms with Crippen molar-refractivity contribution in [1.82, 2.24) is 5.16 Å². The Balaban J connectivity index is 2.92. The van der Waals surface area contributed by atoms with E-state index in [2.05, 4.69) is 9.79 Å². The van der Waals surface area contributed by atoms with E-state index in [4.69, 9.17) is 10.7 Å². The third-order valence-corrected chi connectivity index (χ3v) is 3.00. The molecule has 2 aromatic rings. The van der Waals surface area contributed by atoms with Crippen LogP contribution in [0, 0.1) is 5.21 Å². The SMILES string of the molecule is O=S(=O)(Cl)c1cccc2c1no[n+]2[O-]. The Hall–Kier alpha value is -1.34. The minimum absolute atomic E-state index is 0.0201. The summed E-state index contributed by atoms with van der Waals surface area (Å²) < 4.78 is 26.3. The molecule has 0 saturated carbocycles. The van der Waals surface area contributed by atoms with Gasteiger partial charge in [0.25, 0.3) is 14.6 Å². The van der Waals surface area contributed by atoms with Crippen LogP contribution in [0.15, 0.2) is 27.7 Å². The fraction of sp³-hybridized carbons (Fsp3) is 0. The molecule has 0 atom stereocenters. The lowest BCUT2D eigenvalue weighted by Crippen LogP contribution is -2.22. The van der Waals surface area contributed by atoms with E-state index < -0.39 is 9.05 Å². The van der Waals surface area contributed by atoms with E-state index in [0.717, 1.165) is 0 Å². The molecule has 2 rings (SSSR count). The molecule has 0 aliphatic rings. The van der Waals surface area contributed by atoms with E-state index in [0.29, 0.717) is 0 Å². The van der Waals surface area contributed by atoms with Crippen LogP contribution in [0.25, 0.3) is 11.0 Å². The molecule has 0 fully saturated rings. The van der Waals surface area contributed by atoms with Crippen molar-refractivity contribution in [2.24, 2.45) is 0 Å². The molecule has 0 unspecified atom stereocenters. The first-order valence-electron chi connectivity index (χ1n) is 3.43. The van der Waals surface area contributed by atoms with Crippen molar-refractivity contribution in [2.45, 2.75) is 4.90 Å². The Morgan fingerprint density at radius 2 is 2.21 bits per heavy atom. The number of nitrogens with zero attached hydrogens (tertiary/aromatic N) is 2. The molecule has 0 amide bonds. The fourth-order valence-corrected chi connectivity index (χ4v) is 2.06. The predicted molar refractivity (Wildman–Crippen MR) is 46.0 cm³/mol. The number of benzene rings is 1. The fourth-order valence-electron chi connectivity index (χ4n) is 1.07. The first-order chi connectivity index (χ1) is 6.50. The van der Waals surface area contributed by atoms with Crippen LogP contribution in [0.1, 0.15) is 0 Å². The minimum Gasteiger partial charge on any atom is -0.359 e. The van der Waals surface area contributed by atoms with Crippen LogP contribution >= 0.6 is 10.7 Å². The summed E-state index contributed by atoms with van der Waals surface area (Å²) in [5, 5.41) is 14.2. The van der Waals surface area contributed by atoms with Gasteiger partial charge in [0.2, 0.25) is 5.52 Å². The highest BCUT2D eigenvalue weighted by Crippen LogP contribution is 2.21. The molecule has 1 aromatic carbocycles. The van der Waals surface area contributed by atoms with Crippen molar-refractivity contribution in [3.63, 3.8) is 0 Å². The first kappa shape index (κ1) is 9.22. The molecule has 0 aliphatic carbocycles. The Bertz CT molecular complexity index is 591. The number of rotatable bonds is 1. The summed E-state index contributed by atoms with van der Waals surface area (Å²) in [7, 11) is 1.21. The Morgan fingerprint density at radius 3 is 2.86 bits per heavy atom. The average molecular weight is 235 g/mol. The van der Waals surface area contributed by atoms with Crippen molar-refractivity contribution >= 4 is 30.8 Å². The van der Waals surface area contributed by atoms with Gasteiger partial charge in [-0.1, -0.05) is 6.07 Å². The van der Waals surface area contributed by atoms with E-state index in [1.165, 1.54) is 18.2 Å². The molecular weight excluding hydrogens is 232 g/mol. The zero-order valence-electron chi connectivity index (χ0n) is 6.55. The van der Waals surface area contributed by atoms with Gasteiger partial charge in [-0.15, -0.1) is 0 Å². The zero-order chi connectivity index (χ0) is 10.3. The first-order valence-corrected chi connectivity index (χ1v) is 5.74. The van der Waals surface area contributed by atoms with Crippen LogP contribution in [0.3, 0.4) is 0 Å². The van der Waals surface area contributed by atoms with Crippen molar-refractivity contribution in [2.75, 3.05) is 0 Å². The predicted octanol–water partition coefficient (Wildman–Crippen LogP) is 0.389. The molecule has 14 heavy (non-hydrogen) atoms. The van der Waals surface area contributed by atoms with Gasteiger partial charge in [0.15, 0.2) is 0 Å². The number of halogens is 1. The summed E-state index contributed by atoms with van der Waals surface area (Å²) in [6.45, 7) is 0. The number of hydrogen-bond donors (Lipinski definition) is 0. The number of aromatic nitrogens is 2. The summed E-state index contributed by atoms with van der Waals surface area (Å²) in [5.41, 5.74) is -0.0516. The van der Waals surface area contributed by atoms with Gasteiger partial charge in [-0.2, -0.15) is 0 Å². The second-order valence-electron chi connectivity index (χ2n) is 2.49. The Labute approximate surface area is 82.6 Å². The van der Waals surface area contributed by atoms with Crippen LogP contribution in [0.2, 0.25) is 0 Å². The van der Waals surface area contributed by atoms with Gasteiger partial charge in [-0.25, -0.2) is 8.42 Å². The van der Waals surface area contributed by atoms with Crippen LogP contribution < -0.4 is 4.90 Å². The molecule has 0 radical (unpaired) electrons. The monoisotopic (exact) mass is 234 g/mol. The molecule has 1 aromatic heterocycles. The highest BCUT2D eigenvalue weighted by atomic mass is 35.7. The Kier molecular flexibility index (Phi) is 1.86. The second-order valence-corrected chi connectivity index (χ2v) is 5.03. The van der Waals surface area contributed by atoms with Crippen LogP contribution in [0.4, 0.5) is 0 Å². The maximum Gasteiger partial charge on any atom is 0.268 e. The van der Waals surface area contributed by atoms with Crippen molar-refractivity contribution < 1.29 is 17.9 Å². The molecule has 8 heteroatoms. The van der Waals surface area contributed by atoms with Crippen LogP contribution in [-0.4, -0.2) is 13.6 Å². The molecule has 0 bridgehead atoms. The second kappa shape index (κ2) is 2.82. The van der Waals surface area contributed by atoms with Crippen molar-refractivity contribution in [3.8, 4) is 0 Å². The third kappa shape index (κ3) is 1.30. The standard InChI is InChI=1S/C6H3ClN2O4S/c7-14(11,12)5-3-1-2-4-6(5)8-13-9(4)10/h1-3H. The maximum absolute atomic E-state index is 11.0.